The van der Waals surface area contributed by atoms with Crippen molar-refractivity contribution in [2.75, 3.05) is 17.7 Å². The molecular weight excluding hydrogens is 269 g/mol. The summed E-state index contributed by atoms with van der Waals surface area (Å²) < 4.78 is 13.1. The number of pyridine rings is 1. The topological polar surface area (TPSA) is 59.2 Å². The first-order valence-corrected chi connectivity index (χ1v) is 5.81. The molecule has 98 valence electrons. The number of rotatable bonds is 2. The molecule has 19 heavy (non-hydrogen) atoms. The minimum atomic E-state index is -0.419. The number of carbonyl (C=O) groups excluding carboxylic acids is 1. The molecule has 1 amide bonds. The average molecular weight is 280 g/mol. The second kappa shape index (κ2) is 5.24. The van der Waals surface area contributed by atoms with E-state index in [2.05, 4.69) is 4.98 Å². The third kappa shape index (κ3) is 2.82. The summed E-state index contributed by atoms with van der Waals surface area (Å²) >= 11 is 5.91. The molecule has 1 aromatic heterocycles. The monoisotopic (exact) mass is 279 g/mol. The van der Waals surface area contributed by atoms with E-state index in [0.29, 0.717) is 5.69 Å². The number of nitrogen functional groups attached to an aromatic ring is 1. The third-order valence-electron chi connectivity index (χ3n) is 2.61. The summed E-state index contributed by atoms with van der Waals surface area (Å²) in [7, 11) is 1.53. The number of carbonyl (C=O) groups is 1. The zero-order valence-electron chi connectivity index (χ0n) is 10.1. The SMILES string of the molecule is CN(C(=O)c1cc(N)ncc1Cl)c1cccc(F)c1. The Morgan fingerprint density at radius 2 is 2.16 bits per heavy atom. The fourth-order valence-electron chi connectivity index (χ4n) is 1.60. The smallest absolute Gasteiger partial charge is 0.259 e. The van der Waals surface area contributed by atoms with Crippen molar-refractivity contribution in [2.24, 2.45) is 0 Å². The van der Waals surface area contributed by atoms with Crippen LogP contribution in [0, 0.1) is 5.82 Å². The molecule has 0 bridgehead atoms. The molecule has 4 nitrogen and oxygen atoms in total. The summed E-state index contributed by atoms with van der Waals surface area (Å²) in [5, 5.41) is 0.197. The second-order valence-electron chi connectivity index (χ2n) is 3.93. The van der Waals surface area contributed by atoms with Crippen LogP contribution in [0.2, 0.25) is 5.02 Å². The molecule has 0 atom stereocenters. The number of hydrogen-bond donors (Lipinski definition) is 1. The van der Waals surface area contributed by atoms with Gasteiger partial charge >= 0.3 is 0 Å². The molecule has 0 fully saturated rings. The van der Waals surface area contributed by atoms with Crippen LogP contribution in [0.4, 0.5) is 15.9 Å². The molecule has 0 unspecified atom stereocenters. The predicted molar refractivity (Wildman–Crippen MR) is 72.8 cm³/mol. The largest absolute Gasteiger partial charge is 0.384 e. The molecule has 2 rings (SSSR count). The normalized spacial score (nSPS) is 10.3. The van der Waals surface area contributed by atoms with E-state index in [1.54, 1.807) is 6.07 Å². The van der Waals surface area contributed by atoms with Gasteiger partial charge in [0.05, 0.1) is 10.6 Å². The molecule has 2 aromatic rings. The number of nitrogens with two attached hydrogens (primary N) is 1. The number of hydrogen-bond acceptors (Lipinski definition) is 3. The van der Waals surface area contributed by atoms with Gasteiger partial charge in [-0.3, -0.25) is 4.79 Å². The number of halogens is 2. The minimum Gasteiger partial charge on any atom is -0.384 e. The van der Waals surface area contributed by atoms with E-state index in [4.69, 9.17) is 17.3 Å². The Morgan fingerprint density at radius 3 is 2.84 bits per heavy atom. The molecule has 6 heteroatoms. The summed E-state index contributed by atoms with van der Waals surface area (Å²) in [6.45, 7) is 0. The van der Waals surface area contributed by atoms with E-state index in [1.165, 1.54) is 42.4 Å². The Labute approximate surface area is 114 Å². The van der Waals surface area contributed by atoms with Gasteiger partial charge in [-0.1, -0.05) is 17.7 Å². The maximum absolute atomic E-state index is 13.1. The summed E-state index contributed by atoms with van der Waals surface area (Å²) in [6.07, 6.45) is 1.31. The van der Waals surface area contributed by atoms with Gasteiger partial charge in [0.15, 0.2) is 0 Å². The van der Waals surface area contributed by atoms with Crippen molar-refractivity contribution >= 4 is 29.0 Å². The molecule has 0 saturated heterocycles. The first-order valence-electron chi connectivity index (χ1n) is 5.43. The van der Waals surface area contributed by atoms with Gasteiger partial charge in [0, 0.05) is 18.9 Å². The number of amides is 1. The third-order valence-corrected chi connectivity index (χ3v) is 2.91. The van der Waals surface area contributed by atoms with Crippen molar-refractivity contribution in [3.05, 3.63) is 52.9 Å². The van der Waals surface area contributed by atoms with Crippen molar-refractivity contribution in [2.45, 2.75) is 0 Å². The Hall–Kier alpha value is -2.14. The molecule has 0 saturated carbocycles. The van der Waals surface area contributed by atoms with E-state index in [-0.39, 0.29) is 22.3 Å². The van der Waals surface area contributed by atoms with Crippen molar-refractivity contribution in [1.82, 2.24) is 4.98 Å². The Kier molecular flexibility index (Phi) is 3.66. The fourth-order valence-corrected chi connectivity index (χ4v) is 1.79. The van der Waals surface area contributed by atoms with Crippen LogP contribution in [0.1, 0.15) is 10.4 Å². The second-order valence-corrected chi connectivity index (χ2v) is 4.34. The number of nitrogens with zero attached hydrogens (tertiary/aromatic N) is 2. The summed E-state index contributed by atoms with van der Waals surface area (Å²) in [5.74, 6) is -0.609. The summed E-state index contributed by atoms with van der Waals surface area (Å²) in [6, 6.07) is 7.10. The lowest BCUT2D eigenvalue weighted by Crippen LogP contribution is -2.26. The highest BCUT2D eigenvalue weighted by Crippen LogP contribution is 2.22. The Bertz CT molecular complexity index is 633. The standard InChI is InChI=1S/C13H11ClFN3O/c1-18(9-4-2-3-8(15)5-9)13(19)10-6-12(16)17-7-11(10)14/h2-7H,1H3,(H2,16,17). The van der Waals surface area contributed by atoms with Gasteiger partial charge < -0.3 is 10.6 Å². The van der Waals surface area contributed by atoms with Crippen molar-refractivity contribution in [3.63, 3.8) is 0 Å². The maximum Gasteiger partial charge on any atom is 0.259 e. The van der Waals surface area contributed by atoms with E-state index in [1.807, 2.05) is 0 Å². The first-order chi connectivity index (χ1) is 8.99. The van der Waals surface area contributed by atoms with Gasteiger partial charge in [-0.05, 0) is 24.3 Å². The van der Waals surface area contributed by atoms with Crippen LogP contribution in [-0.2, 0) is 0 Å². The van der Waals surface area contributed by atoms with E-state index >= 15 is 0 Å². The van der Waals surface area contributed by atoms with Crippen LogP contribution in [0.5, 0.6) is 0 Å². The maximum atomic E-state index is 13.1. The van der Waals surface area contributed by atoms with Crippen molar-refractivity contribution in [3.8, 4) is 0 Å². The lowest BCUT2D eigenvalue weighted by molar-refractivity contribution is 0.0993. The van der Waals surface area contributed by atoms with Gasteiger partial charge in [0.25, 0.3) is 5.91 Å². The summed E-state index contributed by atoms with van der Waals surface area (Å²) in [5.41, 5.74) is 6.18. The molecule has 2 N–H and O–H groups in total. The van der Waals surface area contributed by atoms with Crippen LogP contribution >= 0.6 is 11.6 Å². The lowest BCUT2D eigenvalue weighted by atomic mass is 10.2. The summed E-state index contributed by atoms with van der Waals surface area (Å²) in [4.78, 5) is 17.3. The molecular formula is C13H11ClFN3O. The minimum absolute atomic E-state index is 0.195. The van der Waals surface area contributed by atoms with Gasteiger partial charge in [-0.25, -0.2) is 9.37 Å². The molecule has 0 spiro atoms. The van der Waals surface area contributed by atoms with E-state index in [0.717, 1.165) is 0 Å². The molecule has 0 aliphatic carbocycles. The highest BCUT2D eigenvalue weighted by atomic mass is 35.5. The van der Waals surface area contributed by atoms with Crippen molar-refractivity contribution < 1.29 is 9.18 Å². The number of anilines is 2. The van der Waals surface area contributed by atoms with E-state index < -0.39 is 5.82 Å². The highest BCUT2D eigenvalue weighted by Gasteiger charge is 2.17. The zero-order valence-corrected chi connectivity index (χ0v) is 10.9. The number of benzene rings is 1. The van der Waals surface area contributed by atoms with E-state index in [9.17, 15) is 9.18 Å². The Balaban J connectivity index is 2.36. The van der Waals surface area contributed by atoms with Gasteiger partial charge in [0.2, 0.25) is 0 Å². The first kappa shape index (κ1) is 13.3. The van der Waals surface area contributed by atoms with Crippen LogP contribution in [0.3, 0.4) is 0 Å². The van der Waals surface area contributed by atoms with Gasteiger partial charge in [-0.2, -0.15) is 0 Å². The predicted octanol–water partition coefficient (Wildman–Crippen LogP) is 2.73. The molecule has 0 aliphatic rings. The van der Waals surface area contributed by atoms with Crippen LogP contribution < -0.4 is 10.6 Å². The van der Waals surface area contributed by atoms with Crippen molar-refractivity contribution in [1.29, 1.82) is 0 Å². The lowest BCUT2D eigenvalue weighted by Gasteiger charge is -2.18. The molecule has 0 radical (unpaired) electrons. The molecule has 1 aromatic carbocycles. The average Bonchev–Trinajstić information content (AvgIpc) is 2.40. The number of aromatic nitrogens is 1. The van der Waals surface area contributed by atoms with Crippen LogP contribution in [0.25, 0.3) is 0 Å². The molecule has 0 aliphatic heterocycles. The van der Waals surface area contributed by atoms with Crippen LogP contribution in [-0.4, -0.2) is 17.9 Å². The Morgan fingerprint density at radius 1 is 1.42 bits per heavy atom. The van der Waals surface area contributed by atoms with Gasteiger partial charge in [-0.15, -0.1) is 0 Å². The highest BCUT2D eigenvalue weighted by molar-refractivity contribution is 6.34. The zero-order chi connectivity index (χ0) is 14.0. The van der Waals surface area contributed by atoms with Gasteiger partial charge in [0.1, 0.15) is 11.6 Å². The molecule has 1 heterocycles. The van der Waals surface area contributed by atoms with Crippen LogP contribution in [0.15, 0.2) is 36.5 Å². The fraction of sp³-hybridized carbons (Fsp3) is 0.0769. The quantitative estimate of drug-likeness (QED) is 0.919.